The molecule has 2 heterocycles. The van der Waals surface area contributed by atoms with Crippen molar-refractivity contribution in [3.8, 4) is 0 Å². The van der Waals surface area contributed by atoms with Crippen molar-refractivity contribution in [2.75, 3.05) is 18.0 Å². The molecule has 1 aliphatic rings. The number of hydrogen-bond donors (Lipinski definition) is 1. The lowest BCUT2D eigenvalue weighted by Crippen LogP contribution is -2.29. The number of para-hydroxylation sites is 1. The summed E-state index contributed by atoms with van der Waals surface area (Å²) < 4.78 is 0. The summed E-state index contributed by atoms with van der Waals surface area (Å²) in [6, 6.07) is 20.3. The lowest BCUT2D eigenvalue weighted by molar-refractivity contribution is 0.0948. The minimum atomic E-state index is -0.151. The van der Waals surface area contributed by atoms with Gasteiger partial charge >= 0.3 is 0 Å². The first kappa shape index (κ1) is 18.2. The molecule has 1 aromatic heterocycles. The predicted octanol–water partition coefficient (Wildman–Crippen LogP) is 3.92. The van der Waals surface area contributed by atoms with Crippen LogP contribution in [0.25, 0.3) is 0 Å². The van der Waals surface area contributed by atoms with E-state index in [1.165, 1.54) is 11.1 Å². The van der Waals surface area contributed by atoms with Gasteiger partial charge in [-0.3, -0.25) is 4.79 Å². The Labute approximate surface area is 165 Å². The molecule has 142 valence electrons. The molecule has 5 heteroatoms. The largest absolute Gasteiger partial charge is 0.351 e. The summed E-state index contributed by atoms with van der Waals surface area (Å²) in [6.45, 7) is 1.48. The van der Waals surface area contributed by atoms with Gasteiger partial charge in [-0.05, 0) is 48.9 Å². The van der Waals surface area contributed by atoms with Crippen LogP contribution >= 0.6 is 0 Å². The van der Waals surface area contributed by atoms with Crippen LogP contribution in [0.1, 0.15) is 34.5 Å². The third-order valence-electron chi connectivity index (χ3n) is 5.00. The van der Waals surface area contributed by atoms with Crippen molar-refractivity contribution in [1.82, 2.24) is 15.3 Å². The van der Waals surface area contributed by atoms with Crippen LogP contribution in [0.3, 0.4) is 0 Å². The van der Waals surface area contributed by atoms with Gasteiger partial charge in [0.1, 0.15) is 5.69 Å². The SMILES string of the molecule is O=C(NCCCc1ccccc1)c1ccnc(N2CCCc3ccccc32)n1. The molecule has 0 aliphatic carbocycles. The molecule has 0 radical (unpaired) electrons. The summed E-state index contributed by atoms with van der Waals surface area (Å²) >= 11 is 0. The van der Waals surface area contributed by atoms with E-state index in [0.29, 0.717) is 18.2 Å². The topological polar surface area (TPSA) is 58.1 Å². The highest BCUT2D eigenvalue weighted by Crippen LogP contribution is 2.31. The molecule has 0 spiro atoms. The number of carbonyl (C=O) groups excluding carboxylic acids is 1. The number of aryl methyl sites for hydroxylation is 2. The molecular weight excluding hydrogens is 348 g/mol. The molecule has 0 atom stereocenters. The van der Waals surface area contributed by atoms with Gasteiger partial charge in [0, 0.05) is 25.0 Å². The number of rotatable bonds is 6. The lowest BCUT2D eigenvalue weighted by atomic mass is 10.0. The third-order valence-corrected chi connectivity index (χ3v) is 5.00. The summed E-state index contributed by atoms with van der Waals surface area (Å²) in [5.41, 5.74) is 4.12. The van der Waals surface area contributed by atoms with Gasteiger partial charge in [0.15, 0.2) is 0 Å². The molecule has 0 bridgehead atoms. The zero-order chi connectivity index (χ0) is 19.2. The second-order valence-corrected chi connectivity index (χ2v) is 6.97. The molecule has 0 saturated heterocycles. The second kappa shape index (κ2) is 8.65. The van der Waals surface area contributed by atoms with Crippen molar-refractivity contribution in [3.63, 3.8) is 0 Å². The molecule has 1 amide bonds. The fraction of sp³-hybridized carbons (Fsp3) is 0.261. The number of anilines is 2. The van der Waals surface area contributed by atoms with E-state index >= 15 is 0 Å². The monoisotopic (exact) mass is 372 g/mol. The normalized spacial score (nSPS) is 13.1. The van der Waals surface area contributed by atoms with Crippen LogP contribution in [-0.4, -0.2) is 29.0 Å². The first-order chi connectivity index (χ1) is 13.8. The van der Waals surface area contributed by atoms with Crippen LogP contribution in [0.2, 0.25) is 0 Å². The van der Waals surface area contributed by atoms with Crippen LogP contribution < -0.4 is 10.2 Å². The molecule has 1 aliphatic heterocycles. The van der Waals surface area contributed by atoms with Gasteiger partial charge in [-0.25, -0.2) is 9.97 Å². The van der Waals surface area contributed by atoms with Gasteiger partial charge in [0.25, 0.3) is 5.91 Å². The van der Waals surface area contributed by atoms with Crippen LogP contribution in [0.4, 0.5) is 11.6 Å². The molecule has 2 aromatic carbocycles. The summed E-state index contributed by atoms with van der Waals surface area (Å²) in [6.07, 6.45) is 5.62. The zero-order valence-electron chi connectivity index (χ0n) is 15.8. The highest BCUT2D eigenvalue weighted by atomic mass is 16.1. The average molecular weight is 372 g/mol. The number of nitrogens with one attached hydrogen (secondary N) is 1. The van der Waals surface area contributed by atoms with E-state index in [-0.39, 0.29) is 5.91 Å². The van der Waals surface area contributed by atoms with E-state index in [9.17, 15) is 4.79 Å². The van der Waals surface area contributed by atoms with E-state index < -0.39 is 0 Å². The van der Waals surface area contributed by atoms with Gasteiger partial charge in [0.2, 0.25) is 5.95 Å². The van der Waals surface area contributed by atoms with Crippen molar-refractivity contribution in [2.24, 2.45) is 0 Å². The maximum absolute atomic E-state index is 12.5. The number of nitrogens with zero attached hydrogens (tertiary/aromatic N) is 3. The van der Waals surface area contributed by atoms with Gasteiger partial charge in [-0.15, -0.1) is 0 Å². The van der Waals surface area contributed by atoms with Gasteiger partial charge < -0.3 is 10.2 Å². The fourth-order valence-electron chi connectivity index (χ4n) is 3.58. The molecule has 1 N–H and O–H groups in total. The smallest absolute Gasteiger partial charge is 0.270 e. The van der Waals surface area contributed by atoms with E-state index in [0.717, 1.165) is 37.9 Å². The number of benzene rings is 2. The van der Waals surface area contributed by atoms with Crippen molar-refractivity contribution in [3.05, 3.63) is 83.7 Å². The van der Waals surface area contributed by atoms with E-state index in [1.807, 2.05) is 24.3 Å². The van der Waals surface area contributed by atoms with Crippen molar-refractivity contribution in [2.45, 2.75) is 25.7 Å². The Morgan fingerprint density at radius 2 is 1.86 bits per heavy atom. The Hall–Kier alpha value is -3.21. The Morgan fingerprint density at radius 1 is 1.04 bits per heavy atom. The zero-order valence-corrected chi connectivity index (χ0v) is 15.8. The highest BCUT2D eigenvalue weighted by molar-refractivity contribution is 5.92. The van der Waals surface area contributed by atoms with Crippen molar-refractivity contribution in [1.29, 1.82) is 0 Å². The quantitative estimate of drug-likeness (QED) is 0.666. The lowest BCUT2D eigenvalue weighted by Gasteiger charge is -2.29. The van der Waals surface area contributed by atoms with Gasteiger partial charge in [0.05, 0.1) is 0 Å². The van der Waals surface area contributed by atoms with E-state index in [1.54, 1.807) is 12.3 Å². The summed E-state index contributed by atoms with van der Waals surface area (Å²) in [5, 5.41) is 2.97. The molecule has 0 fully saturated rings. The van der Waals surface area contributed by atoms with Crippen LogP contribution in [0.5, 0.6) is 0 Å². The second-order valence-electron chi connectivity index (χ2n) is 6.97. The predicted molar refractivity (Wildman–Crippen MR) is 111 cm³/mol. The number of carbonyl (C=O) groups is 1. The highest BCUT2D eigenvalue weighted by Gasteiger charge is 2.20. The molecule has 3 aromatic rings. The Bertz CT molecular complexity index is 942. The number of amides is 1. The first-order valence-corrected chi connectivity index (χ1v) is 9.82. The maximum atomic E-state index is 12.5. The maximum Gasteiger partial charge on any atom is 0.270 e. The Kier molecular flexibility index (Phi) is 5.61. The van der Waals surface area contributed by atoms with E-state index in [4.69, 9.17) is 0 Å². The Balaban J connectivity index is 1.39. The summed E-state index contributed by atoms with van der Waals surface area (Å²) in [7, 11) is 0. The van der Waals surface area contributed by atoms with Crippen molar-refractivity contribution < 1.29 is 4.79 Å². The van der Waals surface area contributed by atoms with Crippen LogP contribution in [0, 0.1) is 0 Å². The molecule has 5 nitrogen and oxygen atoms in total. The number of aromatic nitrogens is 2. The molecule has 0 saturated carbocycles. The number of hydrogen-bond acceptors (Lipinski definition) is 4. The third kappa shape index (κ3) is 4.19. The van der Waals surface area contributed by atoms with Crippen molar-refractivity contribution >= 4 is 17.5 Å². The fourth-order valence-corrected chi connectivity index (χ4v) is 3.58. The van der Waals surface area contributed by atoms with Crippen LogP contribution in [-0.2, 0) is 12.8 Å². The van der Waals surface area contributed by atoms with Gasteiger partial charge in [-0.2, -0.15) is 0 Å². The van der Waals surface area contributed by atoms with E-state index in [2.05, 4.69) is 50.5 Å². The average Bonchev–Trinajstić information content (AvgIpc) is 2.77. The summed E-state index contributed by atoms with van der Waals surface area (Å²) in [5.74, 6) is 0.436. The molecular formula is C23H24N4O. The first-order valence-electron chi connectivity index (χ1n) is 9.82. The standard InChI is InChI=1S/C23H24N4O/c28-22(24-15-6-10-18-8-2-1-3-9-18)20-14-16-25-23(26-20)27-17-7-12-19-11-4-5-13-21(19)27/h1-5,8-9,11,13-14,16H,6-7,10,12,15,17H2,(H,24,28). The minimum Gasteiger partial charge on any atom is -0.351 e. The molecule has 4 rings (SSSR count). The van der Waals surface area contributed by atoms with Gasteiger partial charge in [-0.1, -0.05) is 48.5 Å². The van der Waals surface area contributed by atoms with Crippen LogP contribution in [0.15, 0.2) is 66.9 Å². The summed E-state index contributed by atoms with van der Waals surface area (Å²) in [4.78, 5) is 23.6. The molecule has 0 unspecified atom stereocenters. The minimum absolute atomic E-state index is 0.151. The molecule has 28 heavy (non-hydrogen) atoms. The number of fused-ring (bicyclic) bond motifs is 1. The Morgan fingerprint density at radius 3 is 2.75 bits per heavy atom.